The van der Waals surface area contributed by atoms with Crippen molar-refractivity contribution in [3.63, 3.8) is 0 Å². The maximum Gasteiger partial charge on any atom is 0.165 e. The Hall–Kier alpha value is -2.29. The molecule has 3 aliphatic rings. The fourth-order valence-corrected chi connectivity index (χ4v) is 3.86. The van der Waals surface area contributed by atoms with E-state index < -0.39 is 5.54 Å². The molecule has 0 saturated carbocycles. The van der Waals surface area contributed by atoms with Crippen molar-refractivity contribution in [2.24, 2.45) is 5.92 Å². The van der Waals surface area contributed by atoms with Crippen LogP contribution in [0.1, 0.15) is 18.1 Å². The van der Waals surface area contributed by atoms with Crippen molar-refractivity contribution in [2.45, 2.75) is 31.4 Å². The minimum Gasteiger partial charge on any atom is -0.483 e. The number of carbonyl (C=O) groups is 1. The van der Waals surface area contributed by atoms with Gasteiger partial charge >= 0.3 is 0 Å². The van der Waals surface area contributed by atoms with Crippen LogP contribution in [0.5, 0.6) is 0 Å². The monoisotopic (exact) mass is 293 g/mol. The van der Waals surface area contributed by atoms with Crippen LogP contribution in [0.25, 0.3) is 0 Å². The standard InChI is InChI=1S/C19H19NO2/c1-3-6-16-15-9-17(22-16)12(2)18(21)19(20-15)10-13-7-4-5-8-14(13)11-19/h3-9,12,17,20H,1,10-11H2,2H3/b16-6+. The zero-order valence-corrected chi connectivity index (χ0v) is 12.6. The van der Waals surface area contributed by atoms with Gasteiger partial charge in [-0.05, 0) is 23.3 Å². The molecule has 1 aromatic rings. The van der Waals surface area contributed by atoms with E-state index in [1.807, 2.05) is 31.2 Å². The van der Waals surface area contributed by atoms with Gasteiger partial charge in [-0.1, -0.05) is 43.8 Å². The summed E-state index contributed by atoms with van der Waals surface area (Å²) in [6.45, 7) is 5.71. The van der Waals surface area contributed by atoms with Gasteiger partial charge in [-0.25, -0.2) is 0 Å². The first-order chi connectivity index (χ1) is 10.6. The van der Waals surface area contributed by atoms with E-state index in [0.29, 0.717) is 0 Å². The zero-order valence-electron chi connectivity index (χ0n) is 12.6. The smallest absolute Gasteiger partial charge is 0.165 e. The number of ether oxygens (including phenoxy) is 1. The topological polar surface area (TPSA) is 38.3 Å². The lowest BCUT2D eigenvalue weighted by Gasteiger charge is -2.34. The van der Waals surface area contributed by atoms with Crippen molar-refractivity contribution in [1.82, 2.24) is 5.32 Å². The summed E-state index contributed by atoms with van der Waals surface area (Å²) in [4.78, 5) is 13.1. The van der Waals surface area contributed by atoms with Gasteiger partial charge in [0.05, 0.1) is 11.6 Å². The molecule has 1 spiro atoms. The van der Waals surface area contributed by atoms with E-state index in [-0.39, 0.29) is 17.8 Å². The Morgan fingerprint density at radius 1 is 1.32 bits per heavy atom. The Balaban J connectivity index is 1.76. The highest BCUT2D eigenvalue weighted by atomic mass is 16.5. The average Bonchev–Trinajstić information content (AvgIpc) is 3.06. The number of allylic oxidation sites excluding steroid dienone is 2. The predicted molar refractivity (Wildman–Crippen MR) is 85.1 cm³/mol. The number of rotatable bonds is 1. The van der Waals surface area contributed by atoms with E-state index in [9.17, 15) is 4.79 Å². The van der Waals surface area contributed by atoms with Gasteiger partial charge < -0.3 is 10.1 Å². The maximum atomic E-state index is 13.1. The summed E-state index contributed by atoms with van der Waals surface area (Å²) < 4.78 is 5.88. The van der Waals surface area contributed by atoms with Crippen LogP contribution in [0.2, 0.25) is 0 Å². The molecule has 112 valence electrons. The summed E-state index contributed by atoms with van der Waals surface area (Å²) in [6.07, 6.45) is 6.93. The Morgan fingerprint density at radius 3 is 2.64 bits per heavy atom. The van der Waals surface area contributed by atoms with Crippen molar-refractivity contribution in [3.05, 3.63) is 71.7 Å². The summed E-state index contributed by atoms with van der Waals surface area (Å²) in [5.74, 6) is 0.877. The van der Waals surface area contributed by atoms with Gasteiger partial charge in [0.25, 0.3) is 0 Å². The number of nitrogens with one attached hydrogen (secondary N) is 1. The van der Waals surface area contributed by atoms with Gasteiger partial charge in [0.15, 0.2) is 5.78 Å². The molecule has 3 nitrogen and oxygen atoms in total. The van der Waals surface area contributed by atoms with Gasteiger partial charge in [-0.2, -0.15) is 0 Å². The third-order valence-corrected chi connectivity index (χ3v) is 4.98. The van der Waals surface area contributed by atoms with E-state index >= 15 is 0 Å². The lowest BCUT2D eigenvalue weighted by molar-refractivity contribution is -0.131. The number of fused-ring (bicyclic) bond motifs is 2. The molecule has 0 aromatic heterocycles. The van der Waals surface area contributed by atoms with Gasteiger partial charge in [0, 0.05) is 12.8 Å². The fraction of sp³-hybridized carbons (Fsp3) is 0.316. The SMILES string of the molecule is C=C/C=C1/OC2C=C1NC1(Cc3ccccc3C1)C(=O)C2C. The van der Waals surface area contributed by atoms with Crippen LogP contribution >= 0.6 is 0 Å². The molecule has 22 heavy (non-hydrogen) atoms. The summed E-state index contributed by atoms with van der Waals surface area (Å²) >= 11 is 0. The number of ketones is 1. The van der Waals surface area contributed by atoms with Crippen LogP contribution in [-0.2, 0) is 22.4 Å². The van der Waals surface area contributed by atoms with Crippen LogP contribution in [0, 0.1) is 5.92 Å². The van der Waals surface area contributed by atoms with E-state index in [1.165, 1.54) is 11.1 Å². The highest BCUT2D eigenvalue weighted by Crippen LogP contribution is 2.40. The van der Waals surface area contributed by atoms with E-state index in [2.05, 4.69) is 24.0 Å². The first kappa shape index (κ1) is 13.4. The molecule has 2 unspecified atom stereocenters. The molecule has 0 amide bonds. The fourth-order valence-electron chi connectivity index (χ4n) is 3.86. The lowest BCUT2D eigenvalue weighted by atomic mass is 9.82. The minimum absolute atomic E-state index is 0.157. The van der Waals surface area contributed by atoms with Crippen molar-refractivity contribution in [2.75, 3.05) is 0 Å². The van der Waals surface area contributed by atoms with Gasteiger partial charge in [-0.15, -0.1) is 0 Å². The molecule has 1 aliphatic carbocycles. The molecule has 0 fully saturated rings. The third-order valence-electron chi connectivity index (χ3n) is 4.98. The molecule has 2 heterocycles. The molecular weight excluding hydrogens is 274 g/mol. The summed E-state index contributed by atoms with van der Waals surface area (Å²) in [7, 11) is 0. The van der Waals surface area contributed by atoms with E-state index in [0.717, 1.165) is 24.3 Å². The van der Waals surface area contributed by atoms with Crippen molar-refractivity contribution < 1.29 is 9.53 Å². The molecule has 2 bridgehead atoms. The zero-order chi connectivity index (χ0) is 15.3. The quantitative estimate of drug-likeness (QED) is 0.865. The summed E-state index contributed by atoms with van der Waals surface area (Å²) in [5.41, 5.74) is 2.93. The first-order valence-corrected chi connectivity index (χ1v) is 7.74. The molecule has 4 rings (SSSR count). The highest BCUT2D eigenvalue weighted by molar-refractivity contribution is 5.93. The Morgan fingerprint density at radius 2 is 2.00 bits per heavy atom. The Bertz CT molecular complexity index is 704. The lowest BCUT2D eigenvalue weighted by Crippen LogP contribution is -2.55. The number of hydrogen-bond acceptors (Lipinski definition) is 3. The Kier molecular flexibility index (Phi) is 2.80. The second-order valence-electron chi connectivity index (χ2n) is 6.41. The molecule has 0 radical (unpaired) electrons. The molecule has 0 saturated heterocycles. The molecule has 1 N–H and O–H groups in total. The largest absolute Gasteiger partial charge is 0.483 e. The van der Waals surface area contributed by atoms with Crippen molar-refractivity contribution in [1.29, 1.82) is 0 Å². The predicted octanol–water partition coefficient (Wildman–Crippen LogP) is 2.69. The molecule has 2 aliphatic heterocycles. The van der Waals surface area contributed by atoms with Gasteiger partial charge in [0.1, 0.15) is 17.4 Å². The van der Waals surface area contributed by atoms with Crippen LogP contribution in [-0.4, -0.2) is 17.4 Å². The second kappa shape index (κ2) is 4.60. The number of benzene rings is 1. The van der Waals surface area contributed by atoms with Crippen LogP contribution < -0.4 is 5.32 Å². The van der Waals surface area contributed by atoms with Gasteiger partial charge in [-0.3, -0.25) is 4.79 Å². The van der Waals surface area contributed by atoms with E-state index in [1.54, 1.807) is 6.08 Å². The average molecular weight is 293 g/mol. The molecule has 2 atom stereocenters. The van der Waals surface area contributed by atoms with Crippen LogP contribution in [0.15, 0.2) is 60.5 Å². The molecule has 3 heteroatoms. The van der Waals surface area contributed by atoms with Crippen LogP contribution in [0.3, 0.4) is 0 Å². The Labute approximate surface area is 130 Å². The van der Waals surface area contributed by atoms with Crippen molar-refractivity contribution >= 4 is 5.78 Å². The number of Topliss-reactive ketones (excluding diaryl/α,β-unsaturated/α-hetero) is 1. The third kappa shape index (κ3) is 1.78. The molecular formula is C19H19NO2. The van der Waals surface area contributed by atoms with Crippen LogP contribution in [0.4, 0.5) is 0 Å². The van der Waals surface area contributed by atoms with E-state index in [4.69, 9.17) is 4.74 Å². The first-order valence-electron chi connectivity index (χ1n) is 7.74. The summed E-state index contributed by atoms with van der Waals surface area (Å²) in [6, 6.07) is 8.33. The second-order valence-corrected chi connectivity index (χ2v) is 6.41. The maximum absolute atomic E-state index is 13.1. The van der Waals surface area contributed by atoms with Gasteiger partial charge in [0.2, 0.25) is 0 Å². The highest BCUT2D eigenvalue weighted by Gasteiger charge is 2.51. The summed E-state index contributed by atoms with van der Waals surface area (Å²) in [5, 5.41) is 3.52. The number of hydrogen-bond donors (Lipinski definition) is 1. The minimum atomic E-state index is -0.534. The molecule has 1 aromatic carbocycles. The number of carbonyl (C=O) groups excluding carboxylic acids is 1. The van der Waals surface area contributed by atoms with Crippen molar-refractivity contribution in [3.8, 4) is 0 Å². The normalized spacial score (nSPS) is 29.6.